The lowest BCUT2D eigenvalue weighted by molar-refractivity contribution is -0.119. The normalized spacial score (nSPS) is 10.4. The van der Waals surface area contributed by atoms with Gasteiger partial charge in [0.05, 0.1) is 11.7 Å². The number of hydrogen-bond acceptors (Lipinski definition) is 4. The molecule has 3 N–H and O–H groups in total. The van der Waals surface area contributed by atoms with E-state index in [-0.39, 0.29) is 18.6 Å². The highest BCUT2D eigenvalue weighted by Crippen LogP contribution is 2.25. The highest BCUT2D eigenvalue weighted by molar-refractivity contribution is 6.31. The largest absolute Gasteiger partial charge is 0.490 e. The van der Waals surface area contributed by atoms with Crippen LogP contribution in [0.5, 0.6) is 11.5 Å². The average Bonchev–Trinajstić information content (AvgIpc) is 2.55. The van der Waals surface area contributed by atoms with E-state index in [1.54, 1.807) is 42.5 Å². The predicted molar refractivity (Wildman–Crippen MR) is 96.3 cm³/mol. The summed E-state index contributed by atoms with van der Waals surface area (Å²) in [6.45, 7) is 3.55. The summed E-state index contributed by atoms with van der Waals surface area (Å²) in [6.07, 6.45) is -0.0746. The van der Waals surface area contributed by atoms with Crippen LogP contribution in [0.25, 0.3) is 0 Å². The van der Waals surface area contributed by atoms with Crippen molar-refractivity contribution in [3.63, 3.8) is 0 Å². The Labute approximate surface area is 150 Å². The average molecular weight is 363 g/mol. The van der Waals surface area contributed by atoms with Crippen LogP contribution in [0.15, 0.2) is 42.5 Å². The van der Waals surface area contributed by atoms with E-state index in [1.165, 1.54) is 0 Å². The van der Waals surface area contributed by atoms with E-state index < -0.39 is 5.91 Å². The molecule has 0 aliphatic carbocycles. The fourth-order valence-corrected chi connectivity index (χ4v) is 2.20. The summed E-state index contributed by atoms with van der Waals surface area (Å²) in [5, 5.41) is 3.21. The van der Waals surface area contributed by atoms with E-state index in [9.17, 15) is 9.59 Å². The molecule has 2 rings (SSSR count). The number of carbonyl (C=O) groups excluding carboxylic acids is 2. The first-order valence-electron chi connectivity index (χ1n) is 7.64. The van der Waals surface area contributed by atoms with Crippen molar-refractivity contribution < 1.29 is 19.1 Å². The first-order valence-corrected chi connectivity index (χ1v) is 8.01. The third-order valence-electron chi connectivity index (χ3n) is 3.04. The van der Waals surface area contributed by atoms with Crippen molar-refractivity contribution in [2.45, 2.75) is 20.0 Å². The van der Waals surface area contributed by atoms with Crippen LogP contribution in [-0.4, -0.2) is 24.5 Å². The molecule has 0 aliphatic rings. The van der Waals surface area contributed by atoms with Crippen LogP contribution in [0.4, 0.5) is 5.69 Å². The minimum Gasteiger partial charge on any atom is -0.490 e. The number of halogens is 1. The van der Waals surface area contributed by atoms with Crippen LogP contribution >= 0.6 is 11.6 Å². The summed E-state index contributed by atoms with van der Waals surface area (Å²) in [7, 11) is 0. The van der Waals surface area contributed by atoms with Crippen molar-refractivity contribution in [1.29, 1.82) is 0 Å². The number of carbonyl (C=O) groups is 2. The van der Waals surface area contributed by atoms with Gasteiger partial charge in [0.2, 0.25) is 0 Å². The molecule has 0 saturated carbocycles. The molecule has 2 aromatic carbocycles. The fraction of sp³-hybridized carbons (Fsp3) is 0.222. The molecular weight excluding hydrogens is 344 g/mol. The smallest absolute Gasteiger partial charge is 0.259 e. The van der Waals surface area contributed by atoms with Crippen LogP contribution in [0, 0.1) is 0 Å². The molecule has 7 heteroatoms. The van der Waals surface area contributed by atoms with Crippen molar-refractivity contribution in [3.05, 3.63) is 53.1 Å². The van der Waals surface area contributed by atoms with Gasteiger partial charge < -0.3 is 20.5 Å². The van der Waals surface area contributed by atoms with E-state index in [4.69, 9.17) is 26.8 Å². The zero-order valence-corrected chi connectivity index (χ0v) is 14.7. The molecule has 0 heterocycles. The third kappa shape index (κ3) is 5.69. The Morgan fingerprint density at radius 3 is 2.44 bits per heavy atom. The van der Waals surface area contributed by atoms with Gasteiger partial charge in [0.25, 0.3) is 11.8 Å². The summed E-state index contributed by atoms with van der Waals surface area (Å²) < 4.78 is 10.8. The molecule has 0 fully saturated rings. The molecule has 2 aromatic rings. The number of rotatable bonds is 7. The summed E-state index contributed by atoms with van der Waals surface area (Å²) in [5.41, 5.74) is 5.92. The first-order chi connectivity index (χ1) is 11.8. The lowest BCUT2D eigenvalue weighted by Gasteiger charge is -2.14. The van der Waals surface area contributed by atoms with Gasteiger partial charge in [-0.15, -0.1) is 0 Å². The maximum absolute atomic E-state index is 12.5. The number of hydrogen-bond donors (Lipinski definition) is 2. The minimum absolute atomic E-state index is 0.0746. The first kappa shape index (κ1) is 18.6. The number of ether oxygens (including phenoxy) is 2. The zero-order valence-electron chi connectivity index (χ0n) is 13.9. The molecule has 0 aromatic heterocycles. The van der Waals surface area contributed by atoms with Crippen LogP contribution in [0.2, 0.25) is 5.02 Å². The van der Waals surface area contributed by atoms with Gasteiger partial charge in [-0.25, -0.2) is 0 Å². The van der Waals surface area contributed by atoms with Crippen LogP contribution in [-0.2, 0) is 4.79 Å². The van der Waals surface area contributed by atoms with E-state index in [2.05, 4.69) is 5.32 Å². The van der Waals surface area contributed by atoms with Gasteiger partial charge in [0, 0.05) is 10.7 Å². The summed E-state index contributed by atoms with van der Waals surface area (Å²) in [6, 6.07) is 11.4. The van der Waals surface area contributed by atoms with E-state index >= 15 is 0 Å². The van der Waals surface area contributed by atoms with Crippen molar-refractivity contribution >= 4 is 29.1 Å². The summed E-state index contributed by atoms with van der Waals surface area (Å²) >= 11 is 5.99. The van der Waals surface area contributed by atoms with Crippen LogP contribution < -0.4 is 20.5 Å². The standard InChI is InChI=1S/C18H19ClN2O4/c1-11(2)25-16-8-3-12(19)9-15(16)18(23)21-13-4-6-14(7-5-13)24-10-17(20)22/h3-9,11H,10H2,1-2H3,(H2,20,22)(H,21,23). The number of benzene rings is 2. The van der Waals surface area contributed by atoms with Crippen molar-refractivity contribution in [3.8, 4) is 11.5 Å². The Balaban J connectivity index is 2.11. The SMILES string of the molecule is CC(C)Oc1ccc(Cl)cc1C(=O)Nc1ccc(OCC(N)=O)cc1. The monoisotopic (exact) mass is 362 g/mol. The van der Waals surface area contributed by atoms with Gasteiger partial charge in [-0.3, -0.25) is 9.59 Å². The topological polar surface area (TPSA) is 90.7 Å². The van der Waals surface area contributed by atoms with Crippen LogP contribution in [0.1, 0.15) is 24.2 Å². The van der Waals surface area contributed by atoms with Gasteiger partial charge in [0.15, 0.2) is 6.61 Å². The summed E-state index contributed by atoms with van der Waals surface area (Å²) in [5.74, 6) is 0.0293. The number of anilines is 1. The molecule has 25 heavy (non-hydrogen) atoms. The second kappa shape index (κ2) is 8.39. The molecule has 132 valence electrons. The second-order valence-electron chi connectivity index (χ2n) is 5.54. The molecule has 0 unspecified atom stereocenters. The Hall–Kier alpha value is -2.73. The fourth-order valence-electron chi connectivity index (χ4n) is 2.02. The quantitative estimate of drug-likeness (QED) is 0.791. The summed E-state index contributed by atoms with van der Waals surface area (Å²) in [4.78, 5) is 23.2. The van der Waals surface area contributed by atoms with Crippen molar-refractivity contribution in [1.82, 2.24) is 0 Å². The Bertz CT molecular complexity index is 760. The molecule has 2 amide bonds. The maximum Gasteiger partial charge on any atom is 0.259 e. The number of nitrogens with one attached hydrogen (secondary N) is 1. The molecule has 0 saturated heterocycles. The zero-order chi connectivity index (χ0) is 18.4. The van der Waals surface area contributed by atoms with Gasteiger partial charge in [-0.2, -0.15) is 0 Å². The van der Waals surface area contributed by atoms with Crippen molar-refractivity contribution in [2.75, 3.05) is 11.9 Å². The van der Waals surface area contributed by atoms with Gasteiger partial charge in [-0.1, -0.05) is 11.6 Å². The molecule has 0 aliphatic heterocycles. The lowest BCUT2D eigenvalue weighted by Crippen LogP contribution is -2.20. The number of amides is 2. The van der Waals surface area contributed by atoms with E-state index in [0.29, 0.717) is 27.8 Å². The van der Waals surface area contributed by atoms with Gasteiger partial charge >= 0.3 is 0 Å². The Morgan fingerprint density at radius 1 is 1.16 bits per heavy atom. The van der Waals surface area contributed by atoms with Gasteiger partial charge in [0.1, 0.15) is 11.5 Å². The number of nitrogens with two attached hydrogens (primary N) is 1. The molecule has 0 atom stereocenters. The molecule has 0 bridgehead atoms. The second-order valence-corrected chi connectivity index (χ2v) is 5.98. The molecule has 0 spiro atoms. The molecule has 6 nitrogen and oxygen atoms in total. The Kier molecular flexibility index (Phi) is 6.25. The molecular formula is C18H19ClN2O4. The lowest BCUT2D eigenvalue weighted by atomic mass is 10.1. The maximum atomic E-state index is 12.5. The third-order valence-corrected chi connectivity index (χ3v) is 3.28. The highest BCUT2D eigenvalue weighted by Gasteiger charge is 2.15. The van der Waals surface area contributed by atoms with Crippen molar-refractivity contribution in [2.24, 2.45) is 5.73 Å². The number of primary amides is 1. The minimum atomic E-state index is -0.559. The predicted octanol–water partition coefficient (Wildman–Crippen LogP) is 3.24. The van der Waals surface area contributed by atoms with Crippen LogP contribution in [0.3, 0.4) is 0 Å². The Morgan fingerprint density at radius 2 is 1.84 bits per heavy atom. The van der Waals surface area contributed by atoms with Gasteiger partial charge in [-0.05, 0) is 56.3 Å². The highest BCUT2D eigenvalue weighted by atomic mass is 35.5. The van der Waals surface area contributed by atoms with E-state index in [1.807, 2.05) is 13.8 Å². The van der Waals surface area contributed by atoms with E-state index in [0.717, 1.165) is 0 Å². The molecule has 0 radical (unpaired) electrons.